The summed E-state index contributed by atoms with van der Waals surface area (Å²) in [5.74, 6) is 1.89. The minimum atomic E-state index is -1.93. The highest BCUT2D eigenvalue weighted by molar-refractivity contribution is 7.82. The number of para-hydroxylation sites is 1. The van der Waals surface area contributed by atoms with Gasteiger partial charge in [0.15, 0.2) is 5.82 Å². The Kier molecular flexibility index (Phi) is 9.96. The molecular weight excluding hydrogens is 683 g/mol. The SMILES string of the molecule is Cc1ccc(N=C2C(C(C)(C)C)=Nn3nc(-c4ccc(NS(=O)Oc5cc(NS(=O)Oc6ccccc6)ccc5C)cc4)nc32)c(C(C)(C)C)c1. The molecule has 5 aromatic rings. The van der Waals surface area contributed by atoms with Crippen molar-refractivity contribution in [3.8, 4) is 22.9 Å². The molecular formula is C38H41N7O4S2. The summed E-state index contributed by atoms with van der Waals surface area (Å²) in [7, 11) is 0. The second-order valence-electron chi connectivity index (χ2n) is 14.3. The molecule has 2 atom stereocenters. The molecule has 6 rings (SSSR count). The maximum absolute atomic E-state index is 13.0. The van der Waals surface area contributed by atoms with E-state index in [1.54, 1.807) is 59.4 Å². The first-order valence-corrected chi connectivity index (χ1v) is 18.6. The van der Waals surface area contributed by atoms with Gasteiger partial charge in [-0.25, -0.2) is 9.98 Å². The van der Waals surface area contributed by atoms with Crippen LogP contribution in [0.3, 0.4) is 0 Å². The van der Waals surface area contributed by atoms with Crippen LogP contribution in [-0.2, 0) is 27.9 Å². The Balaban J connectivity index is 1.17. The number of aryl methyl sites for hydroxylation is 2. The Labute approximate surface area is 303 Å². The molecule has 1 aliphatic heterocycles. The summed E-state index contributed by atoms with van der Waals surface area (Å²) in [6.07, 6.45) is 0. The topological polar surface area (TPSA) is 132 Å². The number of nitrogens with one attached hydrogen (secondary N) is 2. The van der Waals surface area contributed by atoms with Crippen molar-refractivity contribution in [2.75, 3.05) is 9.44 Å². The van der Waals surface area contributed by atoms with Crippen LogP contribution in [-0.4, -0.2) is 34.7 Å². The van der Waals surface area contributed by atoms with E-state index in [1.165, 1.54) is 5.56 Å². The molecule has 0 saturated heterocycles. The van der Waals surface area contributed by atoms with Crippen LogP contribution in [0.5, 0.6) is 11.5 Å². The molecule has 0 amide bonds. The van der Waals surface area contributed by atoms with Crippen molar-refractivity contribution in [1.82, 2.24) is 14.9 Å². The minimum Gasteiger partial charge on any atom is -0.385 e. The van der Waals surface area contributed by atoms with Gasteiger partial charge in [-0.1, -0.05) is 83.5 Å². The summed E-state index contributed by atoms with van der Waals surface area (Å²) >= 11 is -3.77. The fraction of sp³-hybridized carbons (Fsp3) is 0.263. The predicted octanol–water partition coefficient (Wildman–Crippen LogP) is 8.38. The maximum Gasteiger partial charge on any atom is 0.316 e. The van der Waals surface area contributed by atoms with Crippen molar-refractivity contribution in [2.45, 2.75) is 60.8 Å². The van der Waals surface area contributed by atoms with Crippen LogP contribution in [0, 0.1) is 19.3 Å². The average Bonchev–Trinajstić information content (AvgIpc) is 3.63. The fourth-order valence-corrected chi connectivity index (χ4v) is 6.65. The summed E-state index contributed by atoms with van der Waals surface area (Å²) in [5, 5.41) is 9.54. The van der Waals surface area contributed by atoms with Crippen molar-refractivity contribution in [3.05, 3.63) is 114 Å². The van der Waals surface area contributed by atoms with Crippen LogP contribution in [0.4, 0.5) is 17.1 Å². The lowest BCUT2D eigenvalue weighted by atomic mass is 9.84. The lowest BCUT2D eigenvalue weighted by molar-refractivity contribution is 0.564. The minimum absolute atomic E-state index is 0.105. The molecule has 4 aromatic carbocycles. The molecule has 1 aromatic heterocycles. The fourth-order valence-electron chi connectivity index (χ4n) is 5.29. The molecule has 13 heteroatoms. The van der Waals surface area contributed by atoms with E-state index in [2.05, 4.69) is 76.1 Å². The van der Waals surface area contributed by atoms with Gasteiger partial charge in [0, 0.05) is 22.7 Å². The van der Waals surface area contributed by atoms with E-state index in [0.717, 1.165) is 28.1 Å². The number of benzene rings is 4. The summed E-state index contributed by atoms with van der Waals surface area (Å²) in [6.45, 7) is 16.8. The van der Waals surface area contributed by atoms with Gasteiger partial charge in [-0.05, 0) is 78.9 Å². The number of rotatable bonds is 10. The molecule has 0 saturated carbocycles. The third-order valence-electron chi connectivity index (χ3n) is 7.94. The van der Waals surface area contributed by atoms with E-state index in [-0.39, 0.29) is 10.8 Å². The smallest absolute Gasteiger partial charge is 0.316 e. The van der Waals surface area contributed by atoms with E-state index in [0.29, 0.717) is 40.2 Å². The van der Waals surface area contributed by atoms with Gasteiger partial charge in [0.1, 0.15) is 17.2 Å². The molecule has 0 spiro atoms. The Bertz CT molecular complexity index is 2180. The molecule has 264 valence electrons. The van der Waals surface area contributed by atoms with Gasteiger partial charge in [0.05, 0.1) is 17.1 Å². The zero-order valence-electron chi connectivity index (χ0n) is 29.8. The quantitative estimate of drug-likeness (QED) is 0.149. The van der Waals surface area contributed by atoms with Gasteiger partial charge < -0.3 is 8.37 Å². The van der Waals surface area contributed by atoms with E-state index >= 15 is 0 Å². The molecule has 0 bridgehead atoms. The Morgan fingerprint density at radius 1 is 0.745 bits per heavy atom. The number of hydrogen-bond acceptors (Lipinski definition) is 8. The Morgan fingerprint density at radius 3 is 2.10 bits per heavy atom. The third kappa shape index (κ3) is 8.43. The number of nitrogens with zero attached hydrogens (tertiary/aromatic N) is 5. The molecule has 1 aliphatic rings. The van der Waals surface area contributed by atoms with E-state index in [1.807, 2.05) is 25.1 Å². The molecule has 0 aliphatic carbocycles. The van der Waals surface area contributed by atoms with Crippen molar-refractivity contribution in [1.29, 1.82) is 0 Å². The maximum atomic E-state index is 13.0. The zero-order valence-corrected chi connectivity index (χ0v) is 31.5. The second kappa shape index (κ2) is 14.2. The van der Waals surface area contributed by atoms with Gasteiger partial charge in [0.25, 0.3) is 0 Å². The first-order valence-electron chi connectivity index (χ1n) is 16.4. The normalized spacial score (nSPS) is 14.8. The monoisotopic (exact) mass is 723 g/mol. The lowest BCUT2D eigenvalue weighted by Crippen LogP contribution is -2.27. The lowest BCUT2D eigenvalue weighted by Gasteiger charge is -2.23. The zero-order chi connectivity index (χ0) is 36.5. The van der Waals surface area contributed by atoms with Gasteiger partial charge >= 0.3 is 22.5 Å². The van der Waals surface area contributed by atoms with Gasteiger partial charge in [-0.15, -0.1) is 9.89 Å². The molecule has 2 unspecified atom stereocenters. The van der Waals surface area contributed by atoms with Crippen LogP contribution in [0.15, 0.2) is 101 Å². The summed E-state index contributed by atoms with van der Waals surface area (Å²) in [5.41, 5.74) is 6.89. The molecule has 51 heavy (non-hydrogen) atoms. The van der Waals surface area contributed by atoms with Crippen LogP contribution < -0.4 is 17.8 Å². The predicted molar refractivity (Wildman–Crippen MR) is 206 cm³/mol. The molecule has 2 heterocycles. The number of aromatic nitrogens is 3. The van der Waals surface area contributed by atoms with Gasteiger partial charge in [-0.2, -0.15) is 13.5 Å². The molecule has 2 N–H and O–H groups in total. The van der Waals surface area contributed by atoms with Crippen LogP contribution in [0.1, 0.15) is 64.1 Å². The van der Waals surface area contributed by atoms with E-state index in [4.69, 9.17) is 28.5 Å². The summed E-state index contributed by atoms with van der Waals surface area (Å²) in [6, 6.07) is 27.5. The third-order valence-corrected chi connectivity index (χ3v) is 9.42. The molecule has 11 nitrogen and oxygen atoms in total. The van der Waals surface area contributed by atoms with E-state index < -0.39 is 22.5 Å². The highest BCUT2D eigenvalue weighted by atomic mass is 32.2. The van der Waals surface area contributed by atoms with E-state index in [9.17, 15) is 8.42 Å². The second-order valence-corrected chi connectivity index (χ2v) is 16.0. The molecule has 0 fully saturated rings. The Morgan fingerprint density at radius 2 is 1.41 bits per heavy atom. The average molecular weight is 724 g/mol. The number of aliphatic imine (C=N–C) groups is 1. The highest BCUT2D eigenvalue weighted by Crippen LogP contribution is 2.35. The van der Waals surface area contributed by atoms with Gasteiger partial charge in [0.2, 0.25) is 5.82 Å². The van der Waals surface area contributed by atoms with Crippen molar-refractivity contribution in [2.24, 2.45) is 15.5 Å². The number of anilines is 2. The molecule has 0 radical (unpaired) electrons. The highest BCUT2D eigenvalue weighted by Gasteiger charge is 2.35. The summed E-state index contributed by atoms with van der Waals surface area (Å²) in [4.78, 5) is 11.6. The van der Waals surface area contributed by atoms with Crippen molar-refractivity contribution < 1.29 is 16.8 Å². The van der Waals surface area contributed by atoms with Crippen molar-refractivity contribution >= 4 is 51.0 Å². The standard InChI is InChI=1S/C38H41N7O4S2/c1-24-14-21-31(30(22-24)37(3,4)5)39-33-34(38(6,7)8)41-45-36(33)40-35(42-45)26-16-19-27(20-17-26)43-51(47)49-32-23-28(18-15-25(32)2)44-50(46)48-29-12-10-9-11-13-29/h9-23,43-44H,1-8H3. The van der Waals surface area contributed by atoms with Crippen molar-refractivity contribution in [3.63, 3.8) is 0 Å². The summed E-state index contributed by atoms with van der Waals surface area (Å²) < 4.78 is 42.2. The largest absolute Gasteiger partial charge is 0.385 e. The van der Waals surface area contributed by atoms with Crippen LogP contribution in [0.2, 0.25) is 0 Å². The Hall–Kier alpha value is -5.14. The number of fused-ring (bicyclic) bond motifs is 1. The first kappa shape index (κ1) is 35.7. The number of hydrogen-bond donors (Lipinski definition) is 2. The van der Waals surface area contributed by atoms with Gasteiger partial charge in [-0.3, -0.25) is 9.44 Å². The first-order chi connectivity index (χ1) is 24.1. The van der Waals surface area contributed by atoms with Crippen LogP contribution in [0.25, 0.3) is 11.4 Å². The van der Waals surface area contributed by atoms with Crippen LogP contribution >= 0.6 is 0 Å².